The predicted molar refractivity (Wildman–Crippen MR) is 79.8 cm³/mol. The number of benzene rings is 1. The molecule has 1 atom stereocenters. The second-order valence-electron chi connectivity index (χ2n) is 4.47. The third kappa shape index (κ3) is 3.66. The second-order valence-corrected chi connectivity index (χ2v) is 4.47. The molecule has 0 saturated heterocycles. The molecule has 0 saturated carbocycles. The fraction of sp³-hybridized carbons (Fsp3) is 0.250. The first-order chi connectivity index (χ1) is 10.7. The average Bonchev–Trinajstić information content (AvgIpc) is 3.07. The third-order valence-corrected chi connectivity index (χ3v) is 3.00. The second kappa shape index (κ2) is 7.31. The van der Waals surface area contributed by atoms with Crippen LogP contribution in [0.4, 0.5) is 5.69 Å². The minimum absolute atomic E-state index is 0.0588. The molecule has 1 aromatic heterocycles. The highest BCUT2D eigenvalue weighted by Crippen LogP contribution is 2.23. The molecule has 0 bridgehead atoms. The molecule has 0 radical (unpaired) electrons. The van der Waals surface area contributed by atoms with E-state index in [9.17, 15) is 9.59 Å². The van der Waals surface area contributed by atoms with Gasteiger partial charge in [0.1, 0.15) is 5.75 Å². The van der Waals surface area contributed by atoms with Crippen LogP contribution in [0.2, 0.25) is 0 Å². The number of carbonyl (C=O) groups is 2. The zero-order valence-electron chi connectivity index (χ0n) is 12.4. The van der Waals surface area contributed by atoms with Crippen molar-refractivity contribution >= 4 is 17.6 Å². The molecular weight excluding hydrogens is 286 g/mol. The van der Waals surface area contributed by atoms with Crippen molar-refractivity contribution in [1.82, 2.24) is 0 Å². The number of furan rings is 1. The molecule has 0 spiro atoms. The Morgan fingerprint density at radius 2 is 2.00 bits per heavy atom. The summed E-state index contributed by atoms with van der Waals surface area (Å²) in [7, 11) is 1.51. The summed E-state index contributed by atoms with van der Waals surface area (Å²) in [6.45, 7) is 1.75. The number of hydrogen-bond donors (Lipinski definition) is 1. The van der Waals surface area contributed by atoms with Crippen LogP contribution in [-0.2, 0) is 9.53 Å². The first kappa shape index (κ1) is 15.6. The Hall–Kier alpha value is -2.76. The summed E-state index contributed by atoms with van der Waals surface area (Å²) in [5.74, 6) is -0.509. The molecule has 6 heteroatoms. The topological polar surface area (TPSA) is 77.8 Å². The van der Waals surface area contributed by atoms with E-state index in [4.69, 9.17) is 13.9 Å². The first-order valence-corrected chi connectivity index (χ1v) is 6.84. The SMILES string of the molecule is CCC(OC(=O)c1ccco1)C(=O)Nc1ccccc1OC. The van der Waals surface area contributed by atoms with E-state index < -0.39 is 18.0 Å². The van der Waals surface area contributed by atoms with Crippen molar-refractivity contribution in [3.63, 3.8) is 0 Å². The molecular formula is C16H17NO5. The number of ether oxygens (including phenoxy) is 2. The number of para-hydroxylation sites is 2. The molecule has 2 rings (SSSR count). The summed E-state index contributed by atoms with van der Waals surface area (Å²) in [6.07, 6.45) is 0.794. The number of amides is 1. The molecule has 1 amide bonds. The van der Waals surface area contributed by atoms with Crippen LogP contribution in [0.1, 0.15) is 23.9 Å². The maximum Gasteiger partial charge on any atom is 0.374 e. The van der Waals surface area contributed by atoms with Crippen molar-refractivity contribution in [3.8, 4) is 5.75 Å². The van der Waals surface area contributed by atoms with Crippen molar-refractivity contribution in [3.05, 3.63) is 48.4 Å². The lowest BCUT2D eigenvalue weighted by molar-refractivity contribution is -0.124. The highest BCUT2D eigenvalue weighted by molar-refractivity contribution is 5.97. The summed E-state index contributed by atoms with van der Waals surface area (Å²) in [6, 6.07) is 10.1. The van der Waals surface area contributed by atoms with Gasteiger partial charge in [0.05, 0.1) is 19.1 Å². The molecule has 116 valence electrons. The standard InChI is InChI=1S/C16H17NO5/c1-3-12(22-16(19)14-9-6-10-21-14)15(18)17-11-7-4-5-8-13(11)20-2/h4-10,12H,3H2,1-2H3,(H,17,18). The van der Waals surface area contributed by atoms with Gasteiger partial charge in [-0.15, -0.1) is 0 Å². The highest BCUT2D eigenvalue weighted by atomic mass is 16.6. The first-order valence-electron chi connectivity index (χ1n) is 6.84. The average molecular weight is 303 g/mol. The number of rotatable bonds is 6. The van der Waals surface area contributed by atoms with E-state index in [1.165, 1.54) is 19.4 Å². The lowest BCUT2D eigenvalue weighted by atomic mass is 10.2. The Bertz CT molecular complexity index is 636. The quantitative estimate of drug-likeness (QED) is 0.830. The van der Waals surface area contributed by atoms with Crippen LogP contribution in [0.25, 0.3) is 0 Å². The number of nitrogens with one attached hydrogen (secondary N) is 1. The third-order valence-electron chi connectivity index (χ3n) is 3.00. The van der Waals surface area contributed by atoms with Gasteiger partial charge in [-0.25, -0.2) is 4.79 Å². The summed E-state index contributed by atoms with van der Waals surface area (Å²) < 4.78 is 15.3. The van der Waals surface area contributed by atoms with Gasteiger partial charge >= 0.3 is 5.97 Å². The fourth-order valence-electron chi connectivity index (χ4n) is 1.87. The van der Waals surface area contributed by atoms with Crippen molar-refractivity contribution in [2.45, 2.75) is 19.4 Å². The van der Waals surface area contributed by atoms with Gasteiger partial charge in [0, 0.05) is 0 Å². The molecule has 0 fully saturated rings. The largest absolute Gasteiger partial charge is 0.495 e. The molecule has 6 nitrogen and oxygen atoms in total. The zero-order chi connectivity index (χ0) is 15.9. The molecule has 0 aliphatic rings. The highest BCUT2D eigenvalue weighted by Gasteiger charge is 2.24. The maximum atomic E-state index is 12.2. The normalized spacial score (nSPS) is 11.5. The van der Waals surface area contributed by atoms with Crippen molar-refractivity contribution < 1.29 is 23.5 Å². The molecule has 1 heterocycles. The van der Waals surface area contributed by atoms with Crippen LogP contribution in [0.15, 0.2) is 47.1 Å². The predicted octanol–water partition coefficient (Wildman–Crippen LogP) is 2.86. The molecule has 22 heavy (non-hydrogen) atoms. The Balaban J connectivity index is 2.04. The van der Waals surface area contributed by atoms with Crippen molar-refractivity contribution in [2.75, 3.05) is 12.4 Å². The summed E-state index contributed by atoms with van der Waals surface area (Å²) in [4.78, 5) is 24.1. The monoisotopic (exact) mass is 303 g/mol. The lowest BCUT2D eigenvalue weighted by Gasteiger charge is -2.16. The Morgan fingerprint density at radius 3 is 2.64 bits per heavy atom. The van der Waals surface area contributed by atoms with Crippen LogP contribution in [0.5, 0.6) is 5.75 Å². The van der Waals surface area contributed by atoms with Gasteiger partial charge in [0.25, 0.3) is 5.91 Å². The smallest absolute Gasteiger partial charge is 0.374 e. The molecule has 1 unspecified atom stereocenters. The number of carbonyl (C=O) groups excluding carboxylic acids is 2. The van der Waals surface area contributed by atoms with Gasteiger partial charge in [-0.2, -0.15) is 0 Å². The van der Waals surface area contributed by atoms with Gasteiger partial charge in [-0.05, 0) is 30.7 Å². The van der Waals surface area contributed by atoms with Gasteiger partial charge in [-0.3, -0.25) is 4.79 Å². The summed E-state index contributed by atoms with van der Waals surface area (Å²) >= 11 is 0. The molecule has 0 aliphatic carbocycles. The fourth-order valence-corrected chi connectivity index (χ4v) is 1.87. The molecule has 1 N–H and O–H groups in total. The molecule has 2 aromatic rings. The van der Waals surface area contributed by atoms with Crippen molar-refractivity contribution in [1.29, 1.82) is 0 Å². The van der Waals surface area contributed by atoms with E-state index in [1.807, 2.05) is 0 Å². The van der Waals surface area contributed by atoms with E-state index in [2.05, 4.69) is 5.32 Å². The Labute approximate surface area is 128 Å². The Morgan fingerprint density at radius 1 is 1.23 bits per heavy atom. The number of hydrogen-bond acceptors (Lipinski definition) is 5. The van der Waals surface area contributed by atoms with Gasteiger partial charge in [0.15, 0.2) is 6.10 Å². The number of esters is 1. The number of anilines is 1. The van der Waals surface area contributed by atoms with E-state index in [-0.39, 0.29) is 5.76 Å². The summed E-state index contributed by atoms with van der Waals surface area (Å²) in [5, 5.41) is 2.69. The van der Waals surface area contributed by atoms with E-state index in [0.717, 1.165) is 0 Å². The van der Waals surface area contributed by atoms with Crippen LogP contribution < -0.4 is 10.1 Å². The number of methoxy groups -OCH3 is 1. The van der Waals surface area contributed by atoms with E-state index >= 15 is 0 Å². The van der Waals surface area contributed by atoms with Gasteiger partial charge < -0.3 is 19.2 Å². The van der Waals surface area contributed by atoms with E-state index in [0.29, 0.717) is 17.9 Å². The Kier molecular flexibility index (Phi) is 5.19. The van der Waals surface area contributed by atoms with Crippen molar-refractivity contribution in [2.24, 2.45) is 0 Å². The lowest BCUT2D eigenvalue weighted by Crippen LogP contribution is -2.32. The molecule has 1 aromatic carbocycles. The van der Waals surface area contributed by atoms with Gasteiger partial charge in [0.2, 0.25) is 5.76 Å². The van der Waals surface area contributed by atoms with Crippen LogP contribution in [0, 0.1) is 0 Å². The van der Waals surface area contributed by atoms with Crippen LogP contribution in [0.3, 0.4) is 0 Å². The summed E-state index contributed by atoms with van der Waals surface area (Å²) in [5.41, 5.74) is 0.516. The zero-order valence-corrected chi connectivity index (χ0v) is 12.4. The maximum absolute atomic E-state index is 12.2. The molecule has 0 aliphatic heterocycles. The van der Waals surface area contributed by atoms with Crippen LogP contribution >= 0.6 is 0 Å². The van der Waals surface area contributed by atoms with E-state index in [1.54, 1.807) is 37.3 Å². The van der Waals surface area contributed by atoms with Gasteiger partial charge in [-0.1, -0.05) is 19.1 Å². The minimum atomic E-state index is -0.914. The van der Waals surface area contributed by atoms with Crippen LogP contribution in [-0.4, -0.2) is 25.1 Å². The minimum Gasteiger partial charge on any atom is -0.495 e.